The molecule has 5 heteroatoms. The minimum absolute atomic E-state index is 0.0283. The highest BCUT2D eigenvalue weighted by molar-refractivity contribution is 5.87. The number of halogens is 3. The van der Waals surface area contributed by atoms with Crippen LogP contribution >= 0.6 is 0 Å². The predicted molar refractivity (Wildman–Crippen MR) is 127 cm³/mol. The van der Waals surface area contributed by atoms with Gasteiger partial charge in [0.25, 0.3) is 0 Å². The highest BCUT2D eigenvalue weighted by atomic mass is 19.2. The maximum atomic E-state index is 14.7. The summed E-state index contributed by atoms with van der Waals surface area (Å²) in [6, 6.07) is 10.4. The second-order valence-electron chi connectivity index (χ2n) is 9.43. The second-order valence-corrected chi connectivity index (χ2v) is 9.43. The number of rotatable bonds is 11. The molecule has 0 spiro atoms. The van der Waals surface area contributed by atoms with Crippen LogP contribution in [0, 0.1) is 24.4 Å². The smallest absolute Gasteiger partial charge is 0.331 e. The van der Waals surface area contributed by atoms with Crippen LogP contribution in [-0.4, -0.2) is 11.6 Å². The van der Waals surface area contributed by atoms with Crippen LogP contribution in [0.15, 0.2) is 36.4 Å². The number of unbranched alkanes of at least 4 members (excludes halogenated alkanes) is 5. The van der Waals surface area contributed by atoms with Gasteiger partial charge in [-0.1, -0.05) is 56.0 Å². The molecule has 0 bridgehead atoms. The zero-order valence-electron chi connectivity index (χ0n) is 20.1. The number of ether oxygens (including phenoxy) is 1. The average molecular weight is 461 g/mol. The molecule has 0 fully saturated rings. The third-order valence-corrected chi connectivity index (χ3v) is 5.46. The molecule has 33 heavy (non-hydrogen) atoms. The quantitative estimate of drug-likeness (QED) is 0.147. The maximum absolute atomic E-state index is 14.7. The fourth-order valence-electron chi connectivity index (χ4n) is 3.73. The van der Waals surface area contributed by atoms with E-state index in [4.69, 9.17) is 4.74 Å². The zero-order chi connectivity index (χ0) is 24.4. The fourth-order valence-corrected chi connectivity index (χ4v) is 3.73. The highest BCUT2D eigenvalue weighted by Gasteiger charge is 2.21. The van der Waals surface area contributed by atoms with Crippen molar-refractivity contribution in [1.29, 1.82) is 0 Å². The molecule has 0 saturated carbocycles. The Hall–Kier alpha value is -2.56. The van der Waals surface area contributed by atoms with E-state index < -0.39 is 34.6 Å². The summed E-state index contributed by atoms with van der Waals surface area (Å²) in [5, 5.41) is 0. The van der Waals surface area contributed by atoms with Crippen LogP contribution in [0.2, 0.25) is 0 Å². The van der Waals surface area contributed by atoms with E-state index in [2.05, 4.69) is 12.1 Å². The molecule has 2 aromatic rings. The normalized spacial score (nSPS) is 11.8. The Kier molecular flexibility index (Phi) is 10.2. The summed E-state index contributed by atoms with van der Waals surface area (Å²) in [6.45, 7) is 6.34. The molecule has 0 N–H and O–H groups in total. The van der Waals surface area contributed by atoms with Crippen molar-refractivity contribution in [3.63, 3.8) is 0 Å². The number of esters is 1. The summed E-state index contributed by atoms with van der Waals surface area (Å²) >= 11 is 0. The van der Waals surface area contributed by atoms with Gasteiger partial charge in [-0.2, -0.15) is 0 Å². The van der Waals surface area contributed by atoms with Gasteiger partial charge >= 0.3 is 5.97 Å². The lowest BCUT2D eigenvalue weighted by atomic mass is 9.96. The number of aryl methyl sites for hydroxylation is 1. The van der Waals surface area contributed by atoms with Crippen LogP contribution in [0.5, 0.6) is 0 Å². The largest absolute Gasteiger partial charge is 0.457 e. The Morgan fingerprint density at radius 3 is 2.03 bits per heavy atom. The van der Waals surface area contributed by atoms with Crippen molar-refractivity contribution in [2.45, 2.75) is 84.7 Å². The third-order valence-electron chi connectivity index (χ3n) is 5.46. The molecule has 180 valence electrons. The molecule has 2 rings (SSSR count). The van der Waals surface area contributed by atoms with Crippen molar-refractivity contribution in [1.82, 2.24) is 0 Å². The van der Waals surface area contributed by atoms with Crippen molar-refractivity contribution in [2.75, 3.05) is 0 Å². The summed E-state index contributed by atoms with van der Waals surface area (Å²) in [4.78, 5) is 12.0. The van der Waals surface area contributed by atoms with Crippen molar-refractivity contribution in [3.05, 3.63) is 76.1 Å². The Morgan fingerprint density at radius 1 is 0.848 bits per heavy atom. The lowest BCUT2D eigenvalue weighted by molar-refractivity contribution is -0.148. The lowest BCUT2D eigenvalue weighted by Gasteiger charge is -2.18. The minimum Gasteiger partial charge on any atom is -0.457 e. The van der Waals surface area contributed by atoms with Gasteiger partial charge in [-0.3, -0.25) is 0 Å². The van der Waals surface area contributed by atoms with E-state index in [-0.39, 0.29) is 17.5 Å². The van der Waals surface area contributed by atoms with Crippen LogP contribution in [0.25, 0.3) is 6.08 Å². The predicted octanol–water partition coefficient (Wildman–Crippen LogP) is 7.89. The van der Waals surface area contributed by atoms with Crippen molar-refractivity contribution in [3.8, 4) is 0 Å². The highest BCUT2D eigenvalue weighted by Crippen LogP contribution is 2.28. The number of hydrogen-bond acceptors (Lipinski definition) is 2. The fraction of sp³-hybridized carbons (Fsp3) is 0.464. The Morgan fingerprint density at radius 2 is 1.42 bits per heavy atom. The Labute approximate surface area is 195 Å². The van der Waals surface area contributed by atoms with Crippen LogP contribution < -0.4 is 0 Å². The van der Waals surface area contributed by atoms with E-state index in [1.807, 2.05) is 18.2 Å². The molecule has 0 atom stereocenters. The van der Waals surface area contributed by atoms with Gasteiger partial charge in [0.15, 0.2) is 11.6 Å². The van der Waals surface area contributed by atoms with Crippen molar-refractivity contribution < 1.29 is 22.7 Å². The van der Waals surface area contributed by atoms with E-state index >= 15 is 0 Å². The summed E-state index contributed by atoms with van der Waals surface area (Å²) in [7, 11) is 0. The molecule has 0 heterocycles. The van der Waals surface area contributed by atoms with E-state index in [0.29, 0.717) is 6.42 Å². The summed E-state index contributed by atoms with van der Waals surface area (Å²) in [6.07, 6.45) is 9.26. The number of hydrogen-bond donors (Lipinski definition) is 0. The van der Waals surface area contributed by atoms with Gasteiger partial charge in [-0.05, 0) is 65.0 Å². The van der Waals surface area contributed by atoms with Gasteiger partial charge in [0.2, 0.25) is 0 Å². The molecule has 0 radical (unpaired) electrons. The monoisotopic (exact) mass is 460 g/mol. The first-order valence-corrected chi connectivity index (χ1v) is 11.7. The molecular formula is C28H35F3O2. The molecule has 0 saturated heterocycles. The molecule has 2 aromatic carbocycles. The van der Waals surface area contributed by atoms with Gasteiger partial charge in [-0.25, -0.2) is 18.0 Å². The van der Waals surface area contributed by atoms with Crippen LogP contribution in [-0.2, 0) is 22.4 Å². The molecule has 0 aromatic heterocycles. The minimum atomic E-state index is -1.17. The van der Waals surface area contributed by atoms with Crippen LogP contribution in [0.4, 0.5) is 13.2 Å². The summed E-state index contributed by atoms with van der Waals surface area (Å²) in [5.41, 5.74) is 0.134. The van der Waals surface area contributed by atoms with Gasteiger partial charge in [0.05, 0.1) is 0 Å². The Bertz CT molecular complexity index is 944. The first-order chi connectivity index (χ1) is 15.6. The number of benzene rings is 2. The maximum Gasteiger partial charge on any atom is 0.331 e. The molecule has 0 unspecified atom stereocenters. The van der Waals surface area contributed by atoms with Crippen LogP contribution in [0.3, 0.4) is 0 Å². The van der Waals surface area contributed by atoms with E-state index in [9.17, 15) is 18.0 Å². The third kappa shape index (κ3) is 8.71. The average Bonchev–Trinajstić information content (AvgIpc) is 2.76. The van der Waals surface area contributed by atoms with Crippen LogP contribution in [0.1, 0.15) is 81.5 Å². The van der Waals surface area contributed by atoms with Gasteiger partial charge in [0.1, 0.15) is 11.4 Å². The SMILES string of the molecule is Cc1c(F)c(F)c(CCCCCCCCc2ccccc2)c(C=CC(=O)OC(C)(C)C)c1F. The molecule has 0 aliphatic rings. The standard InChI is InChI=1S/C28H35F3O2/c1-20-25(29)23(18-19-24(32)33-28(2,3)4)22(27(31)26(20)30)17-13-8-6-5-7-10-14-21-15-11-9-12-16-21/h9,11-12,15-16,18-19H,5-8,10,13-14,17H2,1-4H3. The lowest BCUT2D eigenvalue weighted by Crippen LogP contribution is -2.22. The number of carbonyl (C=O) groups is 1. The molecule has 2 nitrogen and oxygen atoms in total. The second kappa shape index (κ2) is 12.6. The molecule has 0 aliphatic carbocycles. The van der Waals surface area contributed by atoms with E-state index in [1.165, 1.54) is 18.6 Å². The Balaban J connectivity index is 1.91. The molecular weight excluding hydrogens is 425 g/mol. The first-order valence-electron chi connectivity index (χ1n) is 11.7. The zero-order valence-corrected chi connectivity index (χ0v) is 20.1. The topological polar surface area (TPSA) is 26.3 Å². The summed E-state index contributed by atoms with van der Waals surface area (Å²) in [5.74, 6) is -3.71. The van der Waals surface area contributed by atoms with Crippen molar-refractivity contribution in [2.24, 2.45) is 0 Å². The van der Waals surface area contributed by atoms with Gasteiger partial charge in [-0.15, -0.1) is 0 Å². The van der Waals surface area contributed by atoms with Crippen molar-refractivity contribution >= 4 is 12.0 Å². The summed E-state index contributed by atoms with van der Waals surface area (Å²) < 4.78 is 48.7. The molecule has 0 amide bonds. The molecule has 0 aliphatic heterocycles. The van der Waals surface area contributed by atoms with E-state index in [1.54, 1.807) is 20.8 Å². The van der Waals surface area contributed by atoms with E-state index in [0.717, 1.165) is 44.6 Å². The van der Waals surface area contributed by atoms with Gasteiger partial charge in [0, 0.05) is 22.8 Å². The first kappa shape index (κ1) is 26.7. The number of carbonyl (C=O) groups excluding carboxylic acids is 1. The van der Waals surface area contributed by atoms with Gasteiger partial charge < -0.3 is 4.74 Å².